The monoisotopic (exact) mass is 548 g/mol. The Labute approximate surface area is 204 Å². The third-order valence-electron chi connectivity index (χ3n) is 5.42. The van der Waals surface area contributed by atoms with Crippen LogP contribution < -0.4 is 20.3 Å². The molecule has 0 unspecified atom stereocenters. The SMILES string of the molecule is O=C(NNC(=O)[C@H]1[C@H](C(=O)O)[C@]2(Cl)C(Cl)=C(Cl)[C@]1(Cl)C2(Cl)Cl)c1ccc2c(c1)OCO2. The van der Waals surface area contributed by atoms with Crippen LogP contribution in [0.3, 0.4) is 0 Å². The molecule has 4 rings (SSSR count). The number of allylic oxidation sites excluding steroid dienone is 2. The highest BCUT2D eigenvalue weighted by Crippen LogP contribution is 2.76. The number of carbonyl (C=O) groups excluding carboxylic acids is 2. The van der Waals surface area contributed by atoms with Gasteiger partial charge < -0.3 is 14.6 Å². The molecule has 0 spiro atoms. The van der Waals surface area contributed by atoms with Crippen molar-refractivity contribution in [3.63, 3.8) is 0 Å². The molecule has 3 N–H and O–H groups in total. The smallest absolute Gasteiger partial charge is 0.309 e. The van der Waals surface area contributed by atoms with E-state index < -0.39 is 43.7 Å². The van der Waals surface area contributed by atoms with Crippen molar-refractivity contribution < 1.29 is 29.0 Å². The summed E-state index contributed by atoms with van der Waals surface area (Å²) < 4.78 is 8.11. The molecule has 1 aromatic rings. The first-order chi connectivity index (χ1) is 14.4. The maximum Gasteiger partial charge on any atom is 0.309 e. The van der Waals surface area contributed by atoms with Crippen LogP contribution in [0.2, 0.25) is 0 Å². The highest BCUT2D eigenvalue weighted by Gasteiger charge is 2.85. The van der Waals surface area contributed by atoms with E-state index in [-0.39, 0.29) is 22.4 Å². The largest absolute Gasteiger partial charge is 0.481 e. The number of rotatable bonds is 3. The Morgan fingerprint density at radius 3 is 2.13 bits per heavy atom. The molecular weight excluding hydrogens is 541 g/mol. The summed E-state index contributed by atoms with van der Waals surface area (Å²) in [5.74, 6) is -5.91. The average molecular weight is 551 g/mol. The fourth-order valence-electron chi connectivity index (χ4n) is 3.93. The predicted molar refractivity (Wildman–Crippen MR) is 113 cm³/mol. The summed E-state index contributed by atoms with van der Waals surface area (Å²) in [6.07, 6.45) is 0. The van der Waals surface area contributed by atoms with Crippen molar-refractivity contribution in [2.24, 2.45) is 11.8 Å². The molecule has 8 nitrogen and oxygen atoms in total. The number of hydrogen-bond acceptors (Lipinski definition) is 5. The van der Waals surface area contributed by atoms with Crippen LogP contribution in [0, 0.1) is 11.8 Å². The number of aliphatic carboxylic acids is 1. The topological polar surface area (TPSA) is 114 Å². The number of hydrogen-bond donors (Lipinski definition) is 3. The van der Waals surface area contributed by atoms with Gasteiger partial charge in [-0.2, -0.15) is 0 Å². The standard InChI is InChI=1S/C17H10Cl6N2O6/c18-10-11(19)16(21)9(14(28)29)8(15(10,20)17(16,22)23)13(27)25-24-12(26)5-1-2-6-7(3-5)31-4-30-6/h1-3,8-9H,4H2,(H,24,26)(H,25,27)(H,28,29)/t8-,9-,15+,16+/m1/s1. The van der Waals surface area contributed by atoms with Gasteiger partial charge in [0.2, 0.25) is 12.7 Å². The van der Waals surface area contributed by atoms with Crippen LogP contribution in [0.25, 0.3) is 0 Å². The van der Waals surface area contributed by atoms with E-state index in [0.29, 0.717) is 11.5 Å². The van der Waals surface area contributed by atoms with E-state index in [9.17, 15) is 19.5 Å². The van der Waals surface area contributed by atoms with Gasteiger partial charge in [-0.1, -0.05) is 46.4 Å². The van der Waals surface area contributed by atoms with Crippen LogP contribution in [-0.4, -0.2) is 43.8 Å². The van der Waals surface area contributed by atoms with E-state index in [1.54, 1.807) is 0 Å². The molecule has 0 radical (unpaired) electrons. The van der Waals surface area contributed by atoms with E-state index in [0.717, 1.165) is 0 Å². The second kappa shape index (κ2) is 7.37. The Kier molecular flexibility index (Phi) is 5.44. The van der Waals surface area contributed by atoms with Crippen LogP contribution in [-0.2, 0) is 9.59 Å². The molecule has 3 aliphatic rings. The Morgan fingerprint density at radius 2 is 1.52 bits per heavy atom. The Balaban J connectivity index is 1.59. The minimum Gasteiger partial charge on any atom is -0.481 e. The lowest BCUT2D eigenvalue weighted by Crippen LogP contribution is -2.53. The molecule has 14 heteroatoms. The van der Waals surface area contributed by atoms with E-state index in [1.807, 2.05) is 0 Å². The van der Waals surface area contributed by atoms with Gasteiger partial charge in [-0.3, -0.25) is 25.2 Å². The number of ether oxygens (including phenoxy) is 2. The van der Waals surface area contributed by atoms with Gasteiger partial charge in [0.25, 0.3) is 5.91 Å². The van der Waals surface area contributed by atoms with Crippen LogP contribution >= 0.6 is 69.6 Å². The summed E-state index contributed by atoms with van der Waals surface area (Å²) in [5, 5.41) is 9.02. The molecule has 0 aromatic heterocycles. The molecule has 1 heterocycles. The Morgan fingerprint density at radius 1 is 0.935 bits per heavy atom. The van der Waals surface area contributed by atoms with E-state index in [1.165, 1.54) is 18.2 Å². The molecule has 2 amide bonds. The normalized spacial score (nSPS) is 32.2. The molecule has 2 aliphatic carbocycles. The second-order valence-electron chi connectivity index (χ2n) is 6.93. The number of amides is 2. The summed E-state index contributed by atoms with van der Waals surface area (Å²) in [7, 11) is 0. The molecular formula is C17H10Cl6N2O6. The van der Waals surface area contributed by atoms with E-state index >= 15 is 0 Å². The molecule has 166 valence electrons. The van der Waals surface area contributed by atoms with Crippen LogP contribution in [0.15, 0.2) is 28.3 Å². The van der Waals surface area contributed by atoms with Crippen molar-refractivity contribution in [2.75, 3.05) is 6.79 Å². The number of hydrazine groups is 1. The predicted octanol–water partition coefficient (Wildman–Crippen LogP) is 3.34. The van der Waals surface area contributed by atoms with Crippen molar-refractivity contribution in [1.82, 2.24) is 10.9 Å². The van der Waals surface area contributed by atoms with E-state index in [2.05, 4.69) is 10.9 Å². The van der Waals surface area contributed by atoms with Gasteiger partial charge in [0.05, 0.1) is 21.9 Å². The summed E-state index contributed by atoms with van der Waals surface area (Å²) in [4.78, 5) is 33.0. The number of carboxylic acid groups (broad SMARTS) is 1. The molecule has 4 atom stereocenters. The number of alkyl halides is 4. The van der Waals surface area contributed by atoms with E-state index in [4.69, 9.17) is 79.1 Å². The van der Waals surface area contributed by atoms with Gasteiger partial charge >= 0.3 is 5.97 Å². The molecule has 31 heavy (non-hydrogen) atoms. The van der Waals surface area contributed by atoms with Crippen molar-refractivity contribution >= 4 is 87.4 Å². The maximum absolute atomic E-state index is 12.9. The van der Waals surface area contributed by atoms with Gasteiger partial charge in [0.15, 0.2) is 15.8 Å². The fraction of sp³-hybridized carbons (Fsp3) is 0.353. The first kappa shape index (κ1) is 22.9. The average Bonchev–Trinajstić information content (AvgIpc) is 3.27. The molecule has 1 aromatic carbocycles. The number of carbonyl (C=O) groups is 3. The highest BCUT2D eigenvalue weighted by atomic mass is 35.5. The Hall–Kier alpha value is -1.29. The van der Waals surface area contributed by atoms with Gasteiger partial charge in [-0.25, -0.2) is 0 Å². The first-order valence-corrected chi connectivity index (χ1v) is 10.7. The summed E-state index contributed by atoms with van der Waals surface area (Å²) in [5.41, 5.74) is 4.41. The quantitative estimate of drug-likeness (QED) is 0.393. The number of carboxylic acids is 1. The zero-order valence-corrected chi connectivity index (χ0v) is 19.4. The number of halogens is 6. The zero-order chi connectivity index (χ0) is 22.9. The number of fused-ring (bicyclic) bond motifs is 3. The number of benzene rings is 1. The van der Waals surface area contributed by atoms with Gasteiger partial charge in [-0.05, 0) is 18.2 Å². The molecule has 1 fully saturated rings. The van der Waals surface area contributed by atoms with Crippen LogP contribution in [0.4, 0.5) is 0 Å². The summed E-state index contributed by atoms with van der Waals surface area (Å²) in [6, 6.07) is 4.35. The molecule has 1 saturated carbocycles. The Bertz CT molecular complexity index is 1060. The maximum atomic E-state index is 12.9. The third-order valence-corrected chi connectivity index (χ3v) is 9.68. The van der Waals surface area contributed by atoms with Gasteiger partial charge in [-0.15, -0.1) is 23.2 Å². The fourth-order valence-corrected chi connectivity index (χ4v) is 6.87. The minimum absolute atomic E-state index is 0.0167. The minimum atomic E-state index is -2.25. The lowest BCUT2D eigenvalue weighted by Gasteiger charge is -2.33. The second-order valence-corrected chi connectivity index (χ2v) is 10.2. The van der Waals surface area contributed by atoms with Crippen molar-refractivity contribution in [2.45, 2.75) is 14.1 Å². The van der Waals surface area contributed by atoms with Crippen LogP contribution in [0.1, 0.15) is 10.4 Å². The molecule has 1 aliphatic heterocycles. The van der Waals surface area contributed by atoms with Gasteiger partial charge in [0, 0.05) is 5.56 Å². The number of nitrogens with one attached hydrogen (secondary N) is 2. The zero-order valence-electron chi connectivity index (χ0n) is 14.9. The molecule has 2 bridgehead atoms. The van der Waals surface area contributed by atoms with Crippen LogP contribution in [0.5, 0.6) is 11.5 Å². The lowest BCUT2D eigenvalue weighted by molar-refractivity contribution is -0.147. The summed E-state index contributed by atoms with van der Waals surface area (Å²) in [6.45, 7) is 0.0167. The van der Waals surface area contributed by atoms with Crippen molar-refractivity contribution in [3.05, 3.63) is 33.8 Å². The van der Waals surface area contributed by atoms with Crippen molar-refractivity contribution in [1.29, 1.82) is 0 Å². The van der Waals surface area contributed by atoms with Gasteiger partial charge in [0.1, 0.15) is 9.75 Å². The highest BCUT2D eigenvalue weighted by molar-refractivity contribution is 6.66. The summed E-state index contributed by atoms with van der Waals surface area (Å²) >= 11 is 37.9. The first-order valence-electron chi connectivity index (χ1n) is 8.43. The lowest BCUT2D eigenvalue weighted by atomic mass is 9.81. The third kappa shape index (κ3) is 2.85. The van der Waals surface area contributed by atoms with Crippen molar-refractivity contribution in [3.8, 4) is 11.5 Å². The molecule has 0 saturated heterocycles.